The summed E-state index contributed by atoms with van der Waals surface area (Å²) in [6.45, 7) is 3.94. The first kappa shape index (κ1) is 12.8. The van der Waals surface area contributed by atoms with E-state index in [1.54, 1.807) is 6.07 Å². The molecule has 18 heavy (non-hydrogen) atoms. The highest BCUT2D eigenvalue weighted by Gasteiger charge is 2.20. The molecule has 1 saturated heterocycles. The zero-order valence-electron chi connectivity index (χ0n) is 10.5. The molecule has 5 heteroatoms. The number of piperidine rings is 1. The van der Waals surface area contributed by atoms with Crippen LogP contribution in [0.5, 0.6) is 0 Å². The molecule has 0 amide bonds. The number of nitro benzene ring substituents is 1. The van der Waals surface area contributed by atoms with Gasteiger partial charge in [0.05, 0.1) is 11.5 Å². The molecule has 1 aromatic carbocycles. The number of rotatable bonds is 3. The third kappa shape index (κ3) is 2.61. The number of aliphatic hydroxyl groups excluding tert-OH is 1. The molecule has 1 aliphatic rings. The van der Waals surface area contributed by atoms with Gasteiger partial charge < -0.3 is 10.0 Å². The van der Waals surface area contributed by atoms with Gasteiger partial charge in [0, 0.05) is 36.5 Å². The van der Waals surface area contributed by atoms with Crippen LogP contribution in [0.3, 0.4) is 0 Å². The van der Waals surface area contributed by atoms with Gasteiger partial charge in [-0.2, -0.15) is 0 Å². The lowest BCUT2D eigenvalue weighted by molar-refractivity contribution is -0.384. The maximum absolute atomic E-state index is 10.7. The van der Waals surface area contributed by atoms with Crippen molar-refractivity contribution in [3.8, 4) is 0 Å². The summed E-state index contributed by atoms with van der Waals surface area (Å²) in [5.41, 5.74) is 1.60. The zero-order chi connectivity index (χ0) is 13.1. The minimum absolute atomic E-state index is 0.0351. The minimum atomic E-state index is -0.429. The molecule has 1 atom stereocenters. The lowest BCUT2D eigenvalue weighted by atomic mass is 9.99. The SMILES string of the molecule is CC1CCCN(c2ccc([N+](=O)[O-])cc2CO)C1. The number of aliphatic hydroxyl groups is 1. The van der Waals surface area contributed by atoms with Crippen LogP contribution in [0, 0.1) is 16.0 Å². The molecule has 0 bridgehead atoms. The van der Waals surface area contributed by atoms with E-state index >= 15 is 0 Å². The third-order valence-corrected chi connectivity index (χ3v) is 3.44. The summed E-state index contributed by atoms with van der Waals surface area (Å²) in [6.07, 6.45) is 2.35. The molecule has 0 aromatic heterocycles. The second-order valence-electron chi connectivity index (χ2n) is 4.92. The van der Waals surface area contributed by atoms with Crippen LogP contribution in [-0.2, 0) is 6.61 Å². The molecule has 1 unspecified atom stereocenters. The Bertz CT molecular complexity index is 448. The predicted molar refractivity (Wildman–Crippen MR) is 69.6 cm³/mol. The van der Waals surface area contributed by atoms with Crippen LogP contribution in [0.25, 0.3) is 0 Å². The van der Waals surface area contributed by atoms with Crippen LogP contribution in [0.4, 0.5) is 11.4 Å². The minimum Gasteiger partial charge on any atom is -0.392 e. The van der Waals surface area contributed by atoms with Crippen molar-refractivity contribution in [1.29, 1.82) is 0 Å². The van der Waals surface area contributed by atoms with E-state index in [2.05, 4.69) is 11.8 Å². The summed E-state index contributed by atoms with van der Waals surface area (Å²) in [5.74, 6) is 0.625. The number of hydrogen-bond acceptors (Lipinski definition) is 4. The Hall–Kier alpha value is -1.62. The molecule has 0 radical (unpaired) electrons. The Morgan fingerprint density at radius 3 is 2.94 bits per heavy atom. The number of anilines is 1. The summed E-state index contributed by atoms with van der Waals surface area (Å²) >= 11 is 0. The van der Waals surface area contributed by atoms with Gasteiger partial charge in [0.25, 0.3) is 5.69 Å². The lowest BCUT2D eigenvalue weighted by Crippen LogP contribution is -2.34. The maximum atomic E-state index is 10.7. The average molecular weight is 250 g/mol. The molecule has 0 spiro atoms. The molecular weight excluding hydrogens is 232 g/mol. The van der Waals surface area contributed by atoms with E-state index in [-0.39, 0.29) is 12.3 Å². The van der Waals surface area contributed by atoms with Crippen molar-refractivity contribution in [2.45, 2.75) is 26.4 Å². The van der Waals surface area contributed by atoms with Gasteiger partial charge in [-0.25, -0.2) is 0 Å². The fraction of sp³-hybridized carbons (Fsp3) is 0.538. The Morgan fingerprint density at radius 2 is 2.33 bits per heavy atom. The van der Waals surface area contributed by atoms with Crippen LogP contribution >= 0.6 is 0 Å². The second kappa shape index (κ2) is 5.35. The van der Waals surface area contributed by atoms with Crippen molar-refractivity contribution in [3.05, 3.63) is 33.9 Å². The van der Waals surface area contributed by atoms with Crippen LogP contribution in [0.15, 0.2) is 18.2 Å². The molecule has 98 valence electrons. The second-order valence-corrected chi connectivity index (χ2v) is 4.92. The summed E-state index contributed by atoms with van der Waals surface area (Å²) in [4.78, 5) is 12.5. The van der Waals surface area contributed by atoms with E-state index in [1.807, 2.05) is 0 Å². The largest absolute Gasteiger partial charge is 0.392 e. The van der Waals surface area contributed by atoms with Crippen LogP contribution in [0.2, 0.25) is 0 Å². The summed E-state index contributed by atoms with van der Waals surface area (Å²) in [5, 5.41) is 20.1. The maximum Gasteiger partial charge on any atom is 0.269 e. The highest BCUT2D eigenvalue weighted by atomic mass is 16.6. The number of hydrogen-bond donors (Lipinski definition) is 1. The number of nitrogens with zero attached hydrogens (tertiary/aromatic N) is 2. The first-order valence-corrected chi connectivity index (χ1v) is 6.25. The molecule has 1 heterocycles. The highest BCUT2D eigenvalue weighted by Crippen LogP contribution is 2.29. The molecule has 5 nitrogen and oxygen atoms in total. The summed E-state index contributed by atoms with van der Waals surface area (Å²) in [7, 11) is 0. The molecule has 1 N–H and O–H groups in total. The van der Waals surface area contributed by atoms with E-state index in [9.17, 15) is 15.2 Å². The van der Waals surface area contributed by atoms with Gasteiger partial charge >= 0.3 is 0 Å². The van der Waals surface area contributed by atoms with E-state index in [4.69, 9.17) is 0 Å². The van der Waals surface area contributed by atoms with Crippen LogP contribution in [-0.4, -0.2) is 23.1 Å². The van der Waals surface area contributed by atoms with Crippen molar-refractivity contribution in [2.24, 2.45) is 5.92 Å². The van der Waals surface area contributed by atoms with Crippen molar-refractivity contribution in [1.82, 2.24) is 0 Å². The molecule has 1 aliphatic heterocycles. The summed E-state index contributed by atoms with van der Waals surface area (Å²) < 4.78 is 0. The van der Waals surface area contributed by atoms with E-state index < -0.39 is 4.92 Å². The highest BCUT2D eigenvalue weighted by molar-refractivity contribution is 5.58. The molecule has 2 rings (SSSR count). The molecule has 0 aliphatic carbocycles. The van der Waals surface area contributed by atoms with Crippen LogP contribution in [0.1, 0.15) is 25.3 Å². The van der Waals surface area contributed by atoms with Crippen molar-refractivity contribution >= 4 is 11.4 Å². The fourth-order valence-electron chi connectivity index (χ4n) is 2.53. The van der Waals surface area contributed by atoms with Gasteiger partial charge in [0.1, 0.15) is 0 Å². The van der Waals surface area contributed by atoms with Gasteiger partial charge in [-0.15, -0.1) is 0 Å². The first-order chi connectivity index (χ1) is 8.61. The number of non-ortho nitro benzene ring substituents is 1. The number of nitro groups is 1. The quantitative estimate of drug-likeness (QED) is 0.660. The molecule has 1 fully saturated rings. The Kier molecular flexibility index (Phi) is 3.81. The van der Waals surface area contributed by atoms with E-state index in [0.717, 1.165) is 25.2 Å². The Morgan fingerprint density at radius 1 is 1.56 bits per heavy atom. The van der Waals surface area contributed by atoms with Gasteiger partial charge in [0.15, 0.2) is 0 Å². The van der Waals surface area contributed by atoms with Crippen molar-refractivity contribution in [2.75, 3.05) is 18.0 Å². The molecule has 1 aromatic rings. The monoisotopic (exact) mass is 250 g/mol. The molecule has 0 saturated carbocycles. The van der Waals surface area contributed by atoms with E-state index in [1.165, 1.54) is 18.6 Å². The average Bonchev–Trinajstić information content (AvgIpc) is 2.37. The number of benzene rings is 1. The topological polar surface area (TPSA) is 66.6 Å². The smallest absolute Gasteiger partial charge is 0.269 e. The lowest BCUT2D eigenvalue weighted by Gasteiger charge is -2.33. The van der Waals surface area contributed by atoms with Crippen molar-refractivity contribution in [3.63, 3.8) is 0 Å². The van der Waals surface area contributed by atoms with E-state index in [0.29, 0.717) is 11.5 Å². The van der Waals surface area contributed by atoms with Crippen LogP contribution < -0.4 is 4.90 Å². The standard InChI is InChI=1S/C13H18N2O3/c1-10-3-2-6-14(8-10)13-5-4-12(15(17)18)7-11(13)9-16/h4-5,7,10,16H,2-3,6,8-9H2,1H3. The van der Waals surface area contributed by atoms with Crippen molar-refractivity contribution < 1.29 is 10.0 Å². The Balaban J connectivity index is 2.29. The Labute approximate surface area is 106 Å². The van der Waals surface area contributed by atoms with Gasteiger partial charge in [-0.05, 0) is 24.8 Å². The fourth-order valence-corrected chi connectivity index (χ4v) is 2.53. The summed E-state index contributed by atoms with van der Waals surface area (Å²) in [6, 6.07) is 4.73. The normalized spacial score (nSPS) is 19.9. The predicted octanol–water partition coefficient (Wildman–Crippen LogP) is 2.32. The third-order valence-electron chi connectivity index (χ3n) is 3.44. The van der Waals surface area contributed by atoms with Gasteiger partial charge in [-0.3, -0.25) is 10.1 Å². The first-order valence-electron chi connectivity index (χ1n) is 6.25. The van der Waals surface area contributed by atoms with Gasteiger partial charge in [-0.1, -0.05) is 6.92 Å². The van der Waals surface area contributed by atoms with Gasteiger partial charge in [0.2, 0.25) is 0 Å². The zero-order valence-corrected chi connectivity index (χ0v) is 10.5. The molecular formula is C13H18N2O3.